The van der Waals surface area contributed by atoms with Crippen molar-refractivity contribution >= 4 is 44.2 Å². The number of hydrogen-bond donors (Lipinski definition) is 1. The Labute approximate surface area is 133 Å². The minimum Gasteiger partial charge on any atom is -0.399 e. The van der Waals surface area contributed by atoms with Crippen LogP contribution >= 0.6 is 27.7 Å². The van der Waals surface area contributed by atoms with Crippen molar-refractivity contribution in [2.75, 3.05) is 11.5 Å². The molecule has 20 heavy (non-hydrogen) atoms. The summed E-state index contributed by atoms with van der Waals surface area (Å²) in [4.78, 5) is 2.15. The molecule has 2 unspecified atom stereocenters. The zero-order valence-corrected chi connectivity index (χ0v) is 13.9. The van der Waals surface area contributed by atoms with Gasteiger partial charge in [0.2, 0.25) is 0 Å². The van der Waals surface area contributed by atoms with Gasteiger partial charge in [0, 0.05) is 26.1 Å². The highest BCUT2D eigenvalue weighted by molar-refractivity contribution is 9.10. The average molecular weight is 368 g/mol. The molecule has 2 atom stereocenters. The topological polar surface area (TPSA) is 43.1 Å². The lowest BCUT2D eigenvalue weighted by Gasteiger charge is -2.10. The summed E-state index contributed by atoms with van der Waals surface area (Å²) in [5, 5.41) is 0.387. The van der Waals surface area contributed by atoms with Gasteiger partial charge in [-0.2, -0.15) is 0 Å². The van der Waals surface area contributed by atoms with E-state index >= 15 is 0 Å². The summed E-state index contributed by atoms with van der Waals surface area (Å²) >= 11 is 5.28. The van der Waals surface area contributed by atoms with Crippen LogP contribution < -0.4 is 5.73 Å². The largest absolute Gasteiger partial charge is 0.399 e. The fourth-order valence-electron chi connectivity index (χ4n) is 2.31. The first-order valence-corrected chi connectivity index (χ1v) is 9.30. The van der Waals surface area contributed by atoms with E-state index in [4.69, 9.17) is 5.73 Å². The molecule has 1 aliphatic rings. The predicted octanol–water partition coefficient (Wildman–Crippen LogP) is 3.86. The van der Waals surface area contributed by atoms with E-state index in [1.54, 1.807) is 6.07 Å². The summed E-state index contributed by atoms with van der Waals surface area (Å²) in [6.07, 6.45) is 0.999. The maximum Gasteiger partial charge on any atom is 0.0552 e. The highest BCUT2D eigenvalue weighted by Gasteiger charge is 2.24. The summed E-state index contributed by atoms with van der Waals surface area (Å²) in [5.74, 6) is 0.669. The van der Waals surface area contributed by atoms with E-state index in [-0.39, 0.29) is 0 Å². The van der Waals surface area contributed by atoms with E-state index in [0.717, 1.165) is 15.8 Å². The van der Waals surface area contributed by atoms with Crippen molar-refractivity contribution in [1.29, 1.82) is 0 Å². The molecule has 0 saturated heterocycles. The monoisotopic (exact) mass is 367 g/mol. The number of benzene rings is 2. The predicted molar refractivity (Wildman–Crippen MR) is 89.6 cm³/mol. The molecule has 0 aromatic heterocycles. The van der Waals surface area contributed by atoms with Crippen LogP contribution in [0.5, 0.6) is 0 Å². The fraction of sp³-hybridized carbons (Fsp3) is 0.200. The Kier molecular flexibility index (Phi) is 4.19. The first kappa shape index (κ1) is 14.2. The summed E-state index contributed by atoms with van der Waals surface area (Å²) in [5.41, 5.74) is 7.77. The van der Waals surface area contributed by atoms with Gasteiger partial charge in [-0.3, -0.25) is 4.21 Å². The van der Waals surface area contributed by atoms with Crippen LogP contribution in [0.15, 0.2) is 56.7 Å². The molecule has 0 saturated carbocycles. The second kappa shape index (κ2) is 5.92. The summed E-state index contributed by atoms with van der Waals surface area (Å²) in [6, 6.07) is 13.9. The standard InChI is InChI=1S/C15H14BrNOS2/c16-13-8-11(17)5-6-15(13)20(18)9-12-7-10-3-1-2-4-14(10)19-12/h1-6,8,12H,7,9,17H2. The lowest BCUT2D eigenvalue weighted by molar-refractivity contribution is 0.681. The van der Waals surface area contributed by atoms with Gasteiger partial charge in [0.05, 0.1) is 15.7 Å². The molecule has 3 rings (SSSR count). The zero-order valence-electron chi connectivity index (χ0n) is 10.7. The number of nitrogens with two attached hydrogens (primary N) is 1. The normalized spacial score (nSPS) is 18.8. The van der Waals surface area contributed by atoms with Gasteiger partial charge in [0.1, 0.15) is 0 Å². The van der Waals surface area contributed by atoms with Gasteiger partial charge in [-0.05, 0) is 52.2 Å². The first-order valence-electron chi connectivity index (χ1n) is 6.31. The maximum absolute atomic E-state index is 12.5. The van der Waals surface area contributed by atoms with Gasteiger partial charge in [-0.15, -0.1) is 11.8 Å². The van der Waals surface area contributed by atoms with E-state index in [1.807, 2.05) is 23.9 Å². The Balaban J connectivity index is 1.72. The third-order valence-electron chi connectivity index (χ3n) is 3.25. The average Bonchev–Trinajstić information content (AvgIpc) is 2.80. The van der Waals surface area contributed by atoms with Crippen LogP contribution in [-0.4, -0.2) is 15.2 Å². The SMILES string of the molecule is Nc1ccc(S(=O)CC2Cc3ccccc3S2)c(Br)c1. The van der Waals surface area contributed by atoms with Crippen LogP contribution in [0.4, 0.5) is 5.69 Å². The lowest BCUT2D eigenvalue weighted by Crippen LogP contribution is -2.13. The molecule has 2 aromatic rings. The van der Waals surface area contributed by atoms with E-state index < -0.39 is 10.8 Å². The fourth-order valence-corrected chi connectivity index (χ4v) is 6.10. The number of halogens is 1. The molecule has 0 spiro atoms. The molecular formula is C15H14BrNOS2. The van der Waals surface area contributed by atoms with Crippen molar-refractivity contribution in [2.24, 2.45) is 0 Å². The molecule has 0 fully saturated rings. The highest BCUT2D eigenvalue weighted by atomic mass is 79.9. The third-order valence-corrected chi connectivity index (χ3v) is 7.25. The number of thioether (sulfide) groups is 1. The van der Waals surface area contributed by atoms with Crippen molar-refractivity contribution in [2.45, 2.75) is 21.5 Å². The number of rotatable bonds is 3. The van der Waals surface area contributed by atoms with Crippen molar-refractivity contribution in [3.63, 3.8) is 0 Å². The second-order valence-electron chi connectivity index (χ2n) is 4.75. The van der Waals surface area contributed by atoms with Gasteiger partial charge in [0.25, 0.3) is 0 Å². The molecule has 2 nitrogen and oxygen atoms in total. The van der Waals surface area contributed by atoms with Crippen LogP contribution in [0.25, 0.3) is 0 Å². The molecule has 0 aliphatic carbocycles. The van der Waals surface area contributed by atoms with Crippen molar-refractivity contribution in [1.82, 2.24) is 0 Å². The molecule has 104 valence electrons. The van der Waals surface area contributed by atoms with Gasteiger partial charge in [0.15, 0.2) is 0 Å². The second-order valence-corrected chi connectivity index (χ2v) is 8.41. The van der Waals surface area contributed by atoms with Crippen LogP contribution in [0.3, 0.4) is 0 Å². The lowest BCUT2D eigenvalue weighted by atomic mass is 10.1. The molecule has 1 heterocycles. The Morgan fingerprint density at radius 2 is 2.10 bits per heavy atom. The smallest absolute Gasteiger partial charge is 0.0552 e. The highest BCUT2D eigenvalue weighted by Crippen LogP contribution is 2.38. The van der Waals surface area contributed by atoms with Gasteiger partial charge in [-0.25, -0.2) is 0 Å². The van der Waals surface area contributed by atoms with Crippen molar-refractivity contribution in [3.05, 3.63) is 52.5 Å². The third kappa shape index (κ3) is 2.95. The van der Waals surface area contributed by atoms with Crippen molar-refractivity contribution in [3.8, 4) is 0 Å². The minimum atomic E-state index is -1.00. The van der Waals surface area contributed by atoms with E-state index in [0.29, 0.717) is 16.7 Å². The number of hydrogen-bond acceptors (Lipinski definition) is 3. The Hall–Kier alpha value is -0.780. The van der Waals surface area contributed by atoms with E-state index in [1.165, 1.54) is 10.5 Å². The molecular weight excluding hydrogens is 354 g/mol. The van der Waals surface area contributed by atoms with Crippen LogP contribution in [0.2, 0.25) is 0 Å². The number of fused-ring (bicyclic) bond motifs is 1. The number of nitrogen functional groups attached to an aromatic ring is 1. The summed E-state index contributed by atoms with van der Waals surface area (Å²) in [7, 11) is -1.00. The molecule has 1 aliphatic heterocycles. The van der Waals surface area contributed by atoms with Gasteiger partial charge < -0.3 is 5.73 Å². The maximum atomic E-state index is 12.5. The van der Waals surface area contributed by atoms with Crippen LogP contribution in [0.1, 0.15) is 5.56 Å². The molecule has 0 amide bonds. The van der Waals surface area contributed by atoms with Crippen molar-refractivity contribution < 1.29 is 4.21 Å². The van der Waals surface area contributed by atoms with E-state index in [9.17, 15) is 4.21 Å². The Morgan fingerprint density at radius 3 is 2.85 bits per heavy atom. The van der Waals surface area contributed by atoms with E-state index in [2.05, 4.69) is 40.2 Å². The molecule has 5 heteroatoms. The zero-order chi connectivity index (χ0) is 14.1. The molecule has 2 aromatic carbocycles. The minimum absolute atomic E-state index is 0.387. The molecule has 2 N–H and O–H groups in total. The quantitative estimate of drug-likeness (QED) is 0.837. The van der Waals surface area contributed by atoms with Crippen LogP contribution in [-0.2, 0) is 17.2 Å². The van der Waals surface area contributed by atoms with Gasteiger partial charge >= 0.3 is 0 Å². The molecule has 0 radical (unpaired) electrons. The summed E-state index contributed by atoms with van der Waals surface area (Å²) < 4.78 is 13.3. The Morgan fingerprint density at radius 1 is 1.30 bits per heavy atom. The van der Waals surface area contributed by atoms with Gasteiger partial charge in [-0.1, -0.05) is 18.2 Å². The summed E-state index contributed by atoms with van der Waals surface area (Å²) in [6.45, 7) is 0. The Bertz CT molecular complexity index is 650. The molecule has 0 bridgehead atoms. The first-order chi connectivity index (χ1) is 9.63. The number of anilines is 1. The van der Waals surface area contributed by atoms with Crippen LogP contribution in [0, 0.1) is 0 Å².